The van der Waals surface area contributed by atoms with E-state index < -0.39 is 5.66 Å². The Balaban J connectivity index is 1.01. The molecular formula is C61H42N2. The van der Waals surface area contributed by atoms with Crippen molar-refractivity contribution in [3.63, 3.8) is 0 Å². The van der Waals surface area contributed by atoms with Gasteiger partial charge < -0.3 is 9.13 Å². The molecule has 3 heterocycles. The van der Waals surface area contributed by atoms with Gasteiger partial charge in [-0.15, -0.1) is 0 Å². The molecule has 0 unspecified atom stereocenters. The van der Waals surface area contributed by atoms with Crippen molar-refractivity contribution in [3.8, 4) is 66.8 Å². The maximum Gasteiger partial charge on any atom is 0.116 e. The van der Waals surface area contributed by atoms with E-state index in [-0.39, 0.29) is 0 Å². The number of rotatable bonds is 6. The lowest BCUT2D eigenvalue weighted by molar-refractivity contribution is 0.328. The fourth-order valence-corrected chi connectivity index (χ4v) is 10.8. The average molecular weight is 803 g/mol. The van der Waals surface area contributed by atoms with Crippen LogP contribution in [0.3, 0.4) is 0 Å². The second-order valence-corrected chi connectivity index (χ2v) is 17.7. The Morgan fingerprint density at radius 1 is 0.270 bits per heavy atom. The van der Waals surface area contributed by atoms with Gasteiger partial charge in [-0.2, -0.15) is 0 Å². The largest absolute Gasteiger partial charge is 0.316 e. The van der Waals surface area contributed by atoms with Crippen molar-refractivity contribution in [3.05, 3.63) is 218 Å². The molecule has 296 valence electrons. The minimum atomic E-state index is -0.396. The van der Waals surface area contributed by atoms with Crippen LogP contribution in [-0.2, 0) is 5.66 Å². The quantitative estimate of drug-likeness (QED) is 0.158. The smallest absolute Gasteiger partial charge is 0.116 e. The fourth-order valence-electron chi connectivity index (χ4n) is 10.8. The molecule has 0 aliphatic carbocycles. The molecule has 0 radical (unpaired) electrons. The van der Waals surface area contributed by atoms with Gasteiger partial charge in [-0.05, 0) is 147 Å². The van der Waals surface area contributed by atoms with E-state index in [0.717, 1.165) is 0 Å². The molecule has 0 saturated heterocycles. The molecule has 12 aromatic rings. The molecule has 0 fully saturated rings. The summed E-state index contributed by atoms with van der Waals surface area (Å²) >= 11 is 0. The normalized spacial score (nSPS) is 13.0. The van der Waals surface area contributed by atoms with Gasteiger partial charge >= 0.3 is 0 Å². The second kappa shape index (κ2) is 13.5. The van der Waals surface area contributed by atoms with E-state index in [4.69, 9.17) is 0 Å². The monoisotopic (exact) mass is 802 g/mol. The molecule has 1 aliphatic rings. The topological polar surface area (TPSA) is 9.86 Å². The van der Waals surface area contributed by atoms with Gasteiger partial charge in [0.1, 0.15) is 5.66 Å². The van der Waals surface area contributed by atoms with E-state index in [1.807, 2.05) is 0 Å². The first kappa shape index (κ1) is 35.8. The summed E-state index contributed by atoms with van der Waals surface area (Å²) in [7, 11) is 0. The van der Waals surface area contributed by atoms with Crippen molar-refractivity contribution in [1.82, 2.24) is 9.13 Å². The number of hydrogen-bond donors (Lipinski definition) is 0. The lowest BCUT2D eigenvalue weighted by Crippen LogP contribution is -2.36. The predicted octanol–water partition coefficient (Wildman–Crippen LogP) is 16.6. The molecule has 0 bridgehead atoms. The van der Waals surface area contributed by atoms with Crippen molar-refractivity contribution >= 4 is 54.4 Å². The van der Waals surface area contributed by atoms with Crippen LogP contribution in [0, 0.1) is 0 Å². The van der Waals surface area contributed by atoms with Gasteiger partial charge in [0, 0.05) is 26.9 Å². The molecular weight excluding hydrogens is 761 g/mol. The molecule has 2 aromatic heterocycles. The zero-order chi connectivity index (χ0) is 41.8. The summed E-state index contributed by atoms with van der Waals surface area (Å²) < 4.78 is 5.24. The van der Waals surface area contributed by atoms with E-state index >= 15 is 0 Å². The number of hydrogen-bond acceptors (Lipinski definition) is 0. The summed E-state index contributed by atoms with van der Waals surface area (Å²) in [5, 5.41) is 7.76. The SMILES string of the molecule is CC1(C)n2c3ccc(-c4cc(-c5ccccc5)cc(-c5ccccc5)c4)cc3c3ccc4ccc5c6cc(-c7cc(-c8ccccc8)cc(-c8ccccc8)c7)ccc6n1c5c4c32. The van der Waals surface area contributed by atoms with Crippen LogP contribution in [0.5, 0.6) is 0 Å². The Morgan fingerprint density at radius 2 is 0.587 bits per heavy atom. The highest BCUT2D eigenvalue weighted by Gasteiger charge is 2.36. The Labute approximate surface area is 366 Å². The van der Waals surface area contributed by atoms with E-state index in [9.17, 15) is 0 Å². The minimum absolute atomic E-state index is 0.396. The van der Waals surface area contributed by atoms with Gasteiger partial charge in [0.05, 0.1) is 22.1 Å². The van der Waals surface area contributed by atoms with Gasteiger partial charge in [0.15, 0.2) is 0 Å². The van der Waals surface area contributed by atoms with Crippen molar-refractivity contribution in [2.45, 2.75) is 19.5 Å². The molecule has 1 aliphatic heterocycles. The van der Waals surface area contributed by atoms with Crippen LogP contribution in [0.15, 0.2) is 218 Å². The molecule has 0 amide bonds. The predicted molar refractivity (Wildman–Crippen MR) is 267 cm³/mol. The first-order valence-electron chi connectivity index (χ1n) is 22.0. The highest BCUT2D eigenvalue weighted by Crippen LogP contribution is 2.50. The van der Waals surface area contributed by atoms with Crippen molar-refractivity contribution < 1.29 is 0 Å². The molecule has 63 heavy (non-hydrogen) atoms. The van der Waals surface area contributed by atoms with Crippen LogP contribution >= 0.6 is 0 Å². The summed E-state index contributed by atoms with van der Waals surface area (Å²) in [6, 6.07) is 80.8. The van der Waals surface area contributed by atoms with Crippen LogP contribution in [0.2, 0.25) is 0 Å². The second-order valence-electron chi connectivity index (χ2n) is 17.7. The molecule has 10 aromatic carbocycles. The summed E-state index contributed by atoms with van der Waals surface area (Å²) in [4.78, 5) is 0. The molecule has 0 N–H and O–H groups in total. The van der Waals surface area contributed by atoms with Crippen molar-refractivity contribution in [1.29, 1.82) is 0 Å². The molecule has 2 nitrogen and oxygen atoms in total. The van der Waals surface area contributed by atoms with E-state index in [0.29, 0.717) is 0 Å². The number of nitrogens with zero attached hydrogens (tertiary/aromatic N) is 2. The summed E-state index contributed by atoms with van der Waals surface area (Å²) in [6.07, 6.45) is 0. The lowest BCUT2D eigenvalue weighted by Gasteiger charge is -2.36. The Bertz CT molecular complexity index is 3420. The van der Waals surface area contributed by atoms with Gasteiger partial charge in [0.2, 0.25) is 0 Å². The molecule has 0 spiro atoms. The minimum Gasteiger partial charge on any atom is -0.316 e. The van der Waals surface area contributed by atoms with Crippen LogP contribution in [0.1, 0.15) is 13.8 Å². The maximum atomic E-state index is 2.62. The Kier molecular flexibility index (Phi) is 7.68. The maximum absolute atomic E-state index is 2.62. The average Bonchev–Trinajstić information content (AvgIpc) is 3.88. The van der Waals surface area contributed by atoms with Crippen LogP contribution in [0.25, 0.3) is 121 Å². The number of aromatic nitrogens is 2. The van der Waals surface area contributed by atoms with Gasteiger partial charge in [-0.25, -0.2) is 0 Å². The van der Waals surface area contributed by atoms with Gasteiger partial charge in [0.25, 0.3) is 0 Å². The third-order valence-corrected chi connectivity index (χ3v) is 13.7. The van der Waals surface area contributed by atoms with Crippen LogP contribution < -0.4 is 0 Å². The molecule has 0 atom stereocenters. The van der Waals surface area contributed by atoms with Crippen molar-refractivity contribution in [2.24, 2.45) is 0 Å². The fraction of sp³-hybridized carbons (Fsp3) is 0.0492. The number of benzene rings is 10. The zero-order valence-corrected chi connectivity index (χ0v) is 35.2. The molecule has 0 saturated carbocycles. The van der Waals surface area contributed by atoms with E-state index in [1.54, 1.807) is 0 Å². The van der Waals surface area contributed by atoms with Crippen LogP contribution in [0.4, 0.5) is 0 Å². The van der Waals surface area contributed by atoms with Gasteiger partial charge in [-0.3, -0.25) is 0 Å². The number of fused-ring (bicyclic) bond motifs is 6. The van der Waals surface area contributed by atoms with Crippen molar-refractivity contribution in [2.75, 3.05) is 0 Å². The molecule has 2 heteroatoms. The van der Waals surface area contributed by atoms with Crippen LogP contribution in [-0.4, -0.2) is 9.13 Å². The molecule has 13 rings (SSSR count). The highest BCUT2D eigenvalue weighted by atomic mass is 15.3. The zero-order valence-electron chi connectivity index (χ0n) is 35.2. The summed E-state index contributed by atoms with van der Waals surface area (Å²) in [5.74, 6) is 0. The summed E-state index contributed by atoms with van der Waals surface area (Å²) in [5.41, 5.74) is 19.4. The summed E-state index contributed by atoms with van der Waals surface area (Å²) in [6.45, 7) is 4.79. The Hall–Kier alpha value is -7.94. The van der Waals surface area contributed by atoms with E-state index in [1.165, 1.54) is 121 Å². The highest BCUT2D eigenvalue weighted by molar-refractivity contribution is 6.29. The third kappa shape index (κ3) is 5.44. The third-order valence-electron chi connectivity index (χ3n) is 13.7. The lowest BCUT2D eigenvalue weighted by atomic mass is 9.92. The first-order valence-corrected chi connectivity index (χ1v) is 22.0. The van der Waals surface area contributed by atoms with E-state index in [2.05, 4.69) is 241 Å². The standard InChI is InChI=1S/C61H42N2/c1-61(2)62-56-29-25-44(50-33-46(39-15-7-3-8-16-39)31-47(34-50)40-17-9-4-10-18-40)37-54(56)52-27-23-43-24-28-53-55-38-45(26-30-57(55)63(61)60(53)58(43)59(52)62)51-35-48(41-19-11-5-12-20-41)32-49(36-51)42-21-13-6-14-22-42/h3-38H,1-2H3. The Morgan fingerprint density at radius 3 is 0.921 bits per heavy atom. The van der Waals surface area contributed by atoms with Gasteiger partial charge in [-0.1, -0.05) is 158 Å². The first-order chi connectivity index (χ1) is 31.0.